The molecule has 0 aliphatic carbocycles. The number of rotatable bonds is 12. The SMILES string of the molecule is C=C(C)/C(=C\C(C)CCCN(C)C)C(=C)Nc1ccc(C(C)(F)F)cc1-c1ccc(SC)nc1. The van der Waals surface area contributed by atoms with Crippen LogP contribution in [0.2, 0.25) is 0 Å². The first-order chi connectivity index (χ1) is 15.9. The number of nitrogens with zero attached hydrogens (tertiary/aromatic N) is 2. The van der Waals surface area contributed by atoms with Crippen LogP contribution >= 0.6 is 11.8 Å². The van der Waals surface area contributed by atoms with Crippen LogP contribution < -0.4 is 5.32 Å². The number of anilines is 1. The third-order valence-corrected chi connectivity index (χ3v) is 6.23. The van der Waals surface area contributed by atoms with Crippen LogP contribution in [-0.4, -0.2) is 36.8 Å². The fraction of sp³-hybridized carbons (Fsp3) is 0.393. The highest BCUT2D eigenvalue weighted by Gasteiger charge is 2.25. The molecule has 0 radical (unpaired) electrons. The van der Waals surface area contributed by atoms with Gasteiger partial charge in [-0.15, -0.1) is 11.8 Å². The smallest absolute Gasteiger partial charge is 0.270 e. The maximum absolute atomic E-state index is 14.1. The van der Waals surface area contributed by atoms with E-state index in [1.807, 2.05) is 25.3 Å². The summed E-state index contributed by atoms with van der Waals surface area (Å²) in [5.74, 6) is -2.59. The summed E-state index contributed by atoms with van der Waals surface area (Å²) in [5.41, 5.74) is 4.61. The van der Waals surface area contributed by atoms with Gasteiger partial charge in [-0.25, -0.2) is 13.8 Å². The van der Waals surface area contributed by atoms with Gasteiger partial charge in [-0.3, -0.25) is 0 Å². The van der Waals surface area contributed by atoms with E-state index in [-0.39, 0.29) is 5.56 Å². The lowest BCUT2D eigenvalue weighted by Crippen LogP contribution is -2.13. The molecule has 0 saturated heterocycles. The molecule has 1 heterocycles. The van der Waals surface area contributed by atoms with Crippen LogP contribution in [0.5, 0.6) is 0 Å². The van der Waals surface area contributed by atoms with Crippen molar-refractivity contribution in [3.63, 3.8) is 0 Å². The van der Waals surface area contributed by atoms with Crippen molar-refractivity contribution < 1.29 is 8.78 Å². The minimum Gasteiger partial charge on any atom is -0.355 e. The van der Waals surface area contributed by atoms with Crippen molar-refractivity contribution in [1.29, 1.82) is 0 Å². The van der Waals surface area contributed by atoms with Crippen molar-refractivity contribution in [1.82, 2.24) is 9.88 Å². The number of pyridine rings is 1. The van der Waals surface area contributed by atoms with Gasteiger partial charge >= 0.3 is 0 Å². The van der Waals surface area contributed by atoms with Crippen molar-refractivity contribution in [3.8, 4) is 11.1 Å². The van der Waals surface area contributed by atoms with Crippen LogP contribution in [-0.2, 0) is 5.92 Å². The number of allylic oxidation sites excluding steroid dienone is 2. The van der Waals surface area contributed by atoms with E-state index in [0.717, 1.165) is 48.0 Å². The molecule has 6 heteroatoms. The van der Waals surface area contributed by atoms with Gasteiger partial charge in [0.15, 0.2) is 0 Å². The zero-order valence-electron chi connectivity index (χ0n) is 21.2. The van der Waals surface area contributed by atoms with Crippen LogP contribution in [0, 0.1) is 5.92 Å². The van der Waals surface area contributed by atoms with E-state index >= 15 is 0 Å². The summed E-state index contributed by atoms with van der Waals surface area (Å²) < 4.78 is 28.2. The zero-order chi connectivity index (χ0) is 25.5. The van der Waals surface area contributed by atoms with Crippen LogP contribution in [0.1, 0.15) is 39.2 Å². The minimum absolute atomic E-state index is 0.0437. The number of halogens is 2. The topological polar surface area (TPSA) is 28.2 Å². The lowest BCUT2D eigenvalue weighted by atomic mass is 9.96. The molecule has 1 atom stereocenters. The summed E-state index contributed by atoms with van der Waals surface area (Å²) in [6.07, 6.45) is 8.01. The minimum atomic E-state index is -2.94. The second-order valence-corrected chi connectivity index (χ2v) is 9.95. The average molecular weight is 486 g/mol. The summed E-state index contributed by atoms with van der Waals surface area (Å²) in [4.78, 5) is 6.61. The maximum Gasteiger partial charge on any atom is 0.270 e. The molecule has 0 aliphatic heterocycles. The third-order valence-electron chi connectivity index (χ3n) is 5.57. The molecule has 3 nitrogen and oxygen atoms in total. The Labute approximate surface area is 208 Å². The van der Waals surface area contributed by atoms with E-state index < -0.39 is 5.92 Å². The molecule has 0 fully saturated rings. The zero-order valence-corrected chi connectivity index (χ0v) is 22.0. The summed E-state index contributed by atoms with van der Waals surface area (Å²) >= 11 is 1.53. The molecular weight excluding hydrogens is 448 g/mol. The van der Waals surface area contributed by atoms with E-state index in [1.54, 1.807) is 12.3 Å². The Morgan fingerprint density at radius 1 is 1.24 bits per heavy atom. The number of benzene rings is 1. The highest BCUT2D eigenvalue weighted by molar-refractivity contribution is 7.98. The van der Waals surface area contributed by atoms with Gasteiger partial charge < -0.3 is 10.2 Å². The summed E-state index contributed by atoms with van der Waals surface area (Å²) in [7, 11) is 4.15. The second-order valence-electron chi connectivity index (χ2n) is 9.12. The Bertz CT molecular complexity index is 1020. The standard InChI is InChI=1S/C28H37F2N3S/c1-19(2)24(16-20(3)10-9-15-33(6)7)21(4)32-26-13-12-23(28(5,29)30)17-25(26)22-11-14-27(34-8)31-18-22/h11-14,16-18,20,32H,1,4,9-10,15H2,2-3,5-8H3/b24-16+. The van der Waals surface area contributed by atoms with Gasteiger partial charge in [0.2, 0.25) is 0 Å². The number of nitrogens with one attached hydrogen (secondary N) is 1. The van der Waals surface area contributed by atoms with E-state index in [9.17, 15) is 8.78 Å². The predicted molar refractivity (Wildman–Crippen MR) is 144 cm³/mol. The Hall–Kier alpha value is -2.44. The molecule has 1 aromatic carbocycles. The number of hydrogen-bond donors (Lipinski definition) is 1. The molecule has 184 valence electrons. The molecule has 0 bridgehead atoms. The lowest BCUT2D eigenvalue weighted by Gasteiger charge is -2.20. The molecule has 2 rings (SSSR count). The van der Waals surface area contributed by atoms with Crippen molar-refractivity contribution in [2.45, 2.75) is 44.6 Å². The fourth-order valence-electron chi connectivity index (χ4n) is 3.65. The highest BCUT2D eigenvalue weighted by atomic mass is 32.2. The molecule has 0 aliphatic rings. The Kier molecular flexibility index (Phi) is 10.1. The first-order valence-corrected chi connectivity index (χ1v) is 12.7. The normalized spacial score (nSPS) is 13.1. The number of alkyl halides is 2. The Morgan fingerprint density at radius 2 is 1.94 bits per heavy atom. The molecule has 0 saturated carbocycles. The Morgan fingerprint density at radius 3 is 2.47 bits per heavy atom. The average Bonchev–Trinajstić information content (AvgIpc) is 2.76. The van der Waals surface area contributed by atoms with Crippen LogP contribution in [0.4, 0.5) is 14.5 Å². The first-order valence-electron chi connectivity index (χ1n) is 11.4. The molecule has 34 heavy (non-hydrogen) atoms. The van der Waals surface area contributed by atoms with Gasteiger partial charge in [0.05, 0.1) is 5.03 Å². The van der Waals surface area contributed by atoms with E-state index in [0.29, 0.717) is 22.9 Å². The molecule has 1 N–H and O–H groups in total. The molecule has 1 aromatic heterocycles. The second kappa shape index (κ2) is 12.3. The monoisotopic (exact) mass is 485 g/mol. The van der Waals surface area contributed by atoms with Crippen LogP contribution in [0.3, 0.4) is 0 Å². The van der Waals surface area contributed by atoms with Crippen molar-refractivity contribution >= 4 is 17.4 Å². The predicted octanol–water partition coefficient (Wildman–Crippen LogP) is 7.99. The van der Waals surface area contributed by atoms with Gasteiger partial charge in [0, 0.05) is 41.2 Å². The molecule has 1 unspecified atom stereocenters. The number of hydrogen-bond acceptors (Lipinski definition) is 4. The van der Waals surface area contributed by atoms with Crippen LogP contribution in [0.15, 0.2) is 77.6 Å². The summed E-state index contributed by atoms with van der Waals surface area (Å²) in [5, 5.41) is 4.24. The molecule has 0 spiro atoms. The maximum atomic E-state index is 14.1. The van der Waals surface area contributed by atoms with Crippen LogP contribution in [0.25, 0.3) is 11.1 Å². The fourth-order valence-corrected chi connectivity index (χ4v) is 4.02. The van der Waals surface area contributed by atoms with Gasteiger partial charge in [-0.1, -0.05) is 38.3 Å². The van der Waals surface area contributed by atoms with Gasteiger partial charge in [-0.2, -0.15) is 0 Å². The highest BCUT2D eigenvalue weighted by Crippen LogP contribution is 2.36. The van der Waals surface area contributed by atoms with Crippen molar-refractivity contribution in [2.75, 3.05) is 32.2 Å². The molecule has 0 amide bonds. The summed E-state index contributed by atoms with van der Waals surface area (Å²) in [6, 6.07) is 8.47. The van der Waals surface area contributed by atoms with E-state index in [1.165, 1.54) is 23.9 Å². The Balaban J connectivity index is 2.38. The van der Waals surface area contributed by atoms with Crippen molar-refractivity contribution in [2.24, 2.45) is 5.92 Å². The molecular formula is C28H37F2N3S. The first kappa shape index (κ1) is 27.8. The van der Waals surface area contributed by atoms with E-state index in [2.05, 4.69) is 55.5 Å². The number of thioether (sulfide) groups is 1. The summed E-state index contributed by atoms with van der Waals surface area (Å²) in [6.45, 7) is 14.5. The number of aromatic nitrogens is 1. The van der Waals surface area contributed by atoms with Gasteiger partial charge in [0.1, 0.15) is 0 Å². The third kappa shape index (κ3) is 8.10. The van der Waals surface area contributed by atoms with E-state index in [4.69, 9.17) is 0 Å². The lowest BCUT2D eigenvalue weighted by molar-refractivity contribution is 0.0175. The van der Waals surface area contributed by atoms with Gasteiger partial charge in [-0.05, 0) is 81.9 Å². The molecule has 2 aromatic rings. The quantitative estimate of drug-likeness (QED) is 0.244. The van der Waals surface area contributed by atoms with Crippen molar-refractivity contribution in [3.05, 3.63) is 78.2 Å². The van der Waals surface area contributed by atoms with Gasteiger partial charge in [0.25, 0.3) is 5.92 Å². The largest absolute Gasteiger partial charge is 0.355 e.